The molecule has 0 aromatic carbocycles. The summed E-state index contributed by atoms with van der Waals surface area (Å²) in [6.45, 7) is 12.2. The highest BCUT2D eigenvalue weighted by molar-refractivity contribution is 4.69. The van der Waals surface area contributed by atoms with Crippen molar-refractivity contribution in [1.29, 1.82) is 0 Å². The van der Waals surface area contributed by atoms with Gasteiger partial charge >= 0.3 is 0 Å². The SMILES string of the molecule is CCC(C)C(CNCCOC)CC(C)C. The third-order valence-electron chi connectivity index (χ3n) is 3.11. The minimum atomic E-state index is 0.799. The number of ether oxygens (including phenoxy) is 1. The molecule has 0 amide bonds. The number of rotatable bonds is 9. The Labute approximate surface area is 95.8 Å². The van der Waals surface area contributed by atoms with Crippen LogP contribution in [0.25, 0.3) is 0 Å². The summed E-state index contributed by atoms with van der Waals surface area (Å²) in [5.74, 6) is 2.43. The zero-order valence-corrected chi connectivity index (χ0v) is 11.2. The van der Waals surface area contributed by atoms with Gasteiger partial charge in [0.1, 0.15) is 0 Å². The van der Waals surface area contributed by atoms with Gasteiger partial charge in [-0.3, -0.25) is 0 Å². The molecule has 15 heavy (non-hydrogen) atoms. The van der Waals surface area contributed by atoms with E-state index < -0.39 is 0 Å². The fraction of sp³-hybridized carbons (Fsp3) is 1.00. The van der Waals surface area contributed by atoms with E-state index in [1.165, 1.54) is 12.8 Å². The summed E-state index contributed by atoms with van der Waals surface area (Å²) in [5.41, 5.74) is 0. The van der Waals surface area contributed by atoms with Crippen molar-refractivity contribution in [2.45, 2.75) is 40.5 Å². The summed E-state index contributed by atoms with van der Waals surface area (Å²) in [4.78, 5) is 0. The van der Waals surface area contributed by atoms with Gasteiger partial charge in [0.05, 0.1) is 6.61 Å². The second-order valence-electron chi connectivity index (χ2n) is 4.97. The lowest BCUT2D eigenvalue weighted by molar-refractivity contribution is 0.193. The van der Waals surface area contributed by atoms with Crippen molar-refractivity contribution in [1.82, 2.24) is 5.32 Å². The molecule has 0 rings (SSSR count). The molecule has 1 N–H and O–H groups in total. The van der Waals surface area contributed by atoms with E-state index in [1.807, 2.05) is 0 Å². The van der Waals surface area contributed by atoms with Crippen molar-refractivity contribution in [2.24, 2.45) is 17.8 Å². The van der Waals surface area contributed by atoms with Crippen molar-refractivity contribution >= 4 is 0 Å². The predicted molar refractivity (Wildman–Crippen MR) is 67.1 cm³/mol. The molecule has 0 spiro atoms. The average molecular weight is 215 g/mol. The molecule has 2 heteroatoms. The van der Waals surface area contributed by atoms with Gasteiger partial charge < -0.3 is 10.1 Å². The van der Waals surface area contributed by atoms with E-state index in [-0.39, 0.29) is 0 Å². The fourth-order valence-electron chi connectivity index (χ4n) is 1.92. The van der Waals surface area contributed by atoms with Crippen LogP contribution in [0.5, 0.6) is 0 Å². The first-order chi connectivity index (χ1) is 7.11. The lowest BCUT2D eigenvalue weighted by atomic mass is 9.85. The minimum Gasteiger partial charge on any atom is -0.383 e. The van der Waals surface area contributed by atoms with Gasteiger partial charge in [-0.1, -0.05) is 34.1 Å². The molecule has 0 radical (unpaired) electrons. The normalized spacial score (nSPS) is 15.6. The van der Waals surface area contributed by atoms with Gasteiger partial charge in [0.2, 0.25) is 0 Å². The molecule has 0 saturated heterocycles. The second kappa shape index (κ2) is 9.17. The van der Waals surface area contributed by atoms with Gasteiger partial charge in [-0.25, -0.2) is 0 Å². The van der Waals surface area contributed by atoms with E-state index in [2.05, 4.69) is 33.0 Å². The first-order valence-electron chi connectivity index (χ1n) is 6.31. The Balaban J connectivity index is 3.79. The molecular formula is C13H29NO. The quantitative estimate of drug-likeness (QED) is 0.597. The molecule has 0 saturated carbocycles. The maximum absolute atomic E-state index is 5.03. The Bertz CT molecular complexity index is 136. The summed E-state index contributed by atoms with van der Waals surface area (Å²) in [7, 11) is 1.75. The predicted octanol–water partition coefficient (Wildman–Crippen LogP) is 2.93. The van der Waals surface area contributed by atoms with Gasteiger partial charge in [0.15, 0.2) is 0 Å². The van der Waals surface area contributed by atoms with E-state index in [4.69, 9.17) is 4.74 Å². The topological polar surface area (TPSA) is 21.3 Å². The first-order valence-corrected chi connectivity index (χ1v) is 6.31. The van der Waals surface area contributed by atoms with Crippen LogP contribution < -0.4 is 5.32 Å². The summed E-state index contributed by atoms with van der Waals surface area (Å²) < 4.78 is 5.03. The molecule has 92 valence electrons. The van der Waals surface area contributed by atoms with Crippen LogP contribution in [-0.2, 0) is 4.74 Å². The lowest BCUT2D eigenvalue weighted by Gasteiger charge is -2.25. The second-order valence-corrected chi connectivity index (χ2v) is 4.97. The third-order valence-corrected chi connectivity index (χ3v) is 3.11. The van der Waals surface area contributed by atoms with Crippen molar-refractivity contribution < 1.29 is 4.74 Å². The summed E-state index contributed by atoms with van der Waals surface area (Å²) in [5, 5.41) is 3.48. The summed E-state index contributed by atoms with van der Waals surface area (Å²) in [6, 6.07) is 0. The van der Waals surface area contributed by atoms with E-state index in [1.54, 1.807) is 7.11 Å². The monoisotopic (exact) mass is 215 g/mol. The Morgan fingerprint density at radius 1 is 1.20 bits per heavy atom. The minimum absolute atomic E-state index is 0.799. The van der Waals surface area contributed by atoms with Crippen LogP contribution in [0.1, 0.15) is 40.5 Å². The van der Waals surface area contributed by atoms with Crippen molar-refractivity contribution in [3.8, 4) is 0 Å². The molecule has 2 nitrogen and oxygen atoms in total. The van der Waals surface area contributed by atoms with Crippen molar-refractivity contribution in [3.63, 3.8) is 0 Å². The summed E-state index contributed by atoms with van der Waals surface area (Å²) in [6.07, 6.45) is 2.61. The fourth-order valence-corrected chi connectivity index (χ4v) is 1.92. The van der Waals surface area contributed by atoms with Crippen molar-refractivity contribution in [3.05, 3.63) is 0 Å². The highest BCUT2D eigenvalue weighted by Gasteiger charge is 2.16. The molecule has 0 fully saturated rings. The molecule has 0 heterocycles. The molecule has 0 aromatic rings. The number of hydrogen-bond donors (Lipinski definition) is 1. The molecule has 2 atom stereocenters. The van der Waals surface area contributed by atoms with E-state index in [0.29, 0.717) is 0 Å². The Morgan fingerprint density at radius 2 is 1.87 bits per heavy atom. The maximum Gasteiger partial charge on any atom is 0.0587 e. The number of hydrogen-bond acceptors (Lipinski definition) is 2. The maximum atomic E-state index is 5.03. The Kier molecular flexibility index (Phi) is 9.12. The highest BCUT2D eigenvalue weighted by atomic mass is 16.5. The van der Waals surface area contributed by atoms with Gasteiger partial charge in [0.25, 0.3) is 0 Å². The lowest BCUT2D eigenvalue weighted by Crippen LogP contribution is -2.30. The number of nitrogens with one attached hydrogen (secondary N) is 1. The third kappa shape index (κ3) is 7.80. The van der Waals surface area contributed by atoms with Gasteiger partial charge in [0, 0.05) is 13.7 Å². The Hall–Kier alpha value is -0.0800. The summed E-state index contributed by atoms with van der Waals surface area (Å²) >= 11 is 0. The van der Waals surface area contributed by atoms with Gasteiger partial charge in [-0.05, 0) is 30.7 Å². The smallest absolute Gasteiger partial charge is 0.0587 e. The average Bonchev–Trinajstić information content (AvgIpc) is 2.21. The van der Waals surface area contributed by atoms with Crippen LogP contribution in [0, 0.1) is 17.8 Å². The molecule has 0 aliphatic rings. The molecule has 0 aliphatic carbocycles. The van der Waals surface area contributed by atoms with E-state index in [0.717, 1.165) is 37.5 Å². The Morgan fingerprint density at radius 3 is 2.33 bits per heavy atom. The standard InChI is InChI=1S/C13H29NO/c1-6-12(4)13(9-11(2)3)10-14-7-8-15-5/h11-14H,6-10H2,1-5H3. The van der Waals surface area contributed by atoms with Crippen LogP contribution >= 0.6 is 0 Å². The molecule has 2 unspecified atom stereocenters. The molecular weight excluding hydrogens is 186 g/mol. The zero-order chi connectivity index (χ0) is 11.7. The largest absolute Gasteiger partial charge is 0.383 e. The molecule has 0 aromatic heterocycles. The van der Waals surface area contributed by atoms with Crippen molar-refractivity contribution in [2.75, 3.05) is 26.8 Å². The highest BCUT2D eigenvalue weighted by Crippen LogP contribution is 2.22. The van der Waals surface area contributed by atoms with Crippen LogP contribution in [0.15, 0.2) is 0 Å². The van der Waals surface area contributed by atoms with Crippen LogP contribution in [-0.4, -0.2) is 26.8 Å². The number of methoxy groups -OCH3 is 1. The van der Waals surface area contributed by atoms with Crippen LogP contribution in [0.4, 0.5) is 0 Å². The van der Waals surface area contributed by atoms with E-state index in [9.17, 15) is 0 Å². The molecule has 0 aliphatic heterocycles. The van der Waals surface area contributed by atoms with E-state index >= 15 is 0 Å². The molecule has 0 bridgehead atoms. The van der Waals surface area contributed by atoms with Gasteiger partial charge in [-0.15, -0.1) is 0 Å². The zero-order valence-electron chi connectivity index (χ0n) is 11.2. The first kappa shape index (κ1) is 14.9. The van der Waals surface area contributed by atoms with Crippen LogP contribution in [0.2, 0.25) is 0 Å². The van der Waals surface area contributed by atoms with Gasteiger partial charge in [-0.2, -0.15) is 0 Å². The van der Waals surface area contributed by atoms with Crippen LogP contribution in [0.3, 0.4) is 0 Å².